The van der Waals surface area contributed by atoms with Gasteiger partial charge >= 0.3 is 5.97 Å². The predicted octanol–water partition coefficient (Wildman–Crippen LogP) is 3.57. The normalized spacial score (nSPS) is 18.3. The lowest BCUT2D eigenvalue weighted by atomic mass is 9.95. The molecule has 1 aromatic rings. The second kappa shape index (κ2) is 4.99. The van der Waals surface area contributed by atoms with E-state index < -0.39 is 5.97 Å². The largest absolute Gasteiger partial charge is 0.477 e. The topological polar surface area (TPSA) is 63.3 Å². The number of hydrogen-bond acceptors (Lipinski definition) is 3. The number of nitrogens with zero attached hydrogens (tertiary/aromatic N) is 1. The van der Waals surface area contributed by atoms with Crippen molar-refractivity contribution in [1.82, 2.24) is 5.16 Å². The van der Waals surface area contributed by atoms with Gasteiger partial charge in [0.25, 0.3) is 0 Å². The number of hydrogen-bond donors (Lipinski definition) is 1. The highest BCUT2D eigenvalue weighted by Crippen LogP contribution is 2.35. The maximum absolute atomic E-state index is 11.1. The summed E-state index contributed by atoms with van der Waals surface area (Å²) in [5, 5.41) is 12.8. The zero-order chi connectivity index (χ0) is 11.5. The van der Waals surface area contributed by atoms with Crippen LogP contribution in [0.25, 0.3) is 0 Å². The van der Waals surface area contributed by atoms with Gasteiger partial charge in [0, 0.05) is 5.92 Å². The molecule has 1 aliphatic carbocycles. The molecule has 0 unspecified atom stereocenters. The summed E-state index contributed by atoms with van der Waals surface area (Å²) in [6.45, 7) is 0. The minimum atomic E-state index is -0.965. The monoisotopic (exact) mass is 287 g/mol. The SMILES string of the molecule is O=C(O)c1c(Br)noc1C1CCCCCC1. The summed E-state index contributed by atoms with van der Waals surface area (Å²) in [7, 11) is 0. The van der Waals surface area contributed by atoms with Crippen LogP contribution in [0.15, 0.2) is 9.13 Å². The Morgan fingerprint density at radius 3 is 2.50 bits per heavy atom. The predicted molar refractivity (Wildman–Crippen MR) is 61.6 cm³/mol. The zero-order valence-corrected chi connectivity index (χ0v) is 10.5. The molecule has 1 saturated carbocycles. The summed E-state index contributed by atoms with van der Waals surface area (Å²) in [6.07, 6.45) is 6.75. The van der Waals surface area contributed by atoms with Crippen LogP contribution in [0.2, 0.25) is 0 Å². The van der Waals surface area contributed by atoms with Crippen LogP contribution >= 0.6 is 15.9 Å². The molecule has 1 heterocycles. The lowest BCUT2D eigenvalue weighted by Crippen LogP contribution is -2.05. The second-order valence-electron chi connectivity index (χ2n) is 4.21. The van der Waals surface area contributed by atoms with Gasteiger partial charge in [0.05, 0.1) is 0 Å². The van der Waals surface area contributed by atoms with E-state index in [2.05, 4.69) is 21.1 Å². The third kappa shape index (κ3) is 2.29. The molecule has 0 aromatic carbocycles. The van der Waals surface area contributed by atoms with E-state index in [4.69, 9.17) is 9.63 Å². The zero-order valence-electron chi connectivity index (χ0n) is 8.91. The van der Waals surface area contributed by atoms with Crippen molar-refractivity contribution in [2.24, 2.45) is 0 Å². The fraction of sp³-hybridized carbons (Fsp3) is 0.636. The summed E-state index contributed by atoms with van der Waals surface area (Å²) < 4.78 is 5.48. The molecule has 0 atom stereocenters. The van der Waals surface area contributed by atoms with Crippen LogP contribution in [-0.4, -0.2) is 16.2 Å². The van der Waals surface area contributed by atoms with E-state index in [0.29, 0.717) is 10.4 Å². The lowest BCUT2D eigenvalue weighted by molar-refractivity contribution is 0.0692. The summed E-state index contributed by atoms with van der Waals surface area (Å²) in [6, 6.07) is 0. The molecule has 16 heavy (non-hydrogen) atoms. The van der Waals surface area contributed by atoms with E-state index in [1.54, 1.807) is 0 Å². The van der Waals surface area contributed by atoms with E-state index in [0.717, 1.165) is 25.7 Å². The number of rotatable bonds is 2. The highest BCUT2D eigenvalue weighted by molar-refractivity contribution is 9.10. The van der Waals surface area contributed by atoms with Crippen molar-refractivity contribution in [2.75, 3.05) is 0 Å². The van der Waals surface area contributed by atoms with Crippen LogP contribution in [0, 0.1) is 0 Å². The standard InChI is InChI=1S/C11H14BrNO3/c12-10-8(11(14)15)9(16-13-10)7-5-3-1-2-4-6-7/h7H,1-6H2,(H,14,15). The first-order valence-electron chi connectivity index (χ1n) is 5.58. The van der Waals surface area contributed by atoms with Crippen molar-refractivity contribution in [3.05, 3.63) is 15.9 Å². The van der Waals surface area contributed by atoms with E-state index >= 15 is 0 Å². The van der Waals surface area contributed by atoms with Gasteiger partial charge in [0.15, 0.2) is 10.4 Å². The van der Waals surface area contributed by atoms with E-state index in [1.807, 2.05) is 0 Å². The second-order valence-corrected chi connectivity index (χ2v) is 4.96. The lowest BCUT2D eigenvalue weighted by Gasteiger charge is -2.10. The molecule has 0 aliphatic heterocycles. The number of aromatic carboxylic acids is 1. The first kappa shape index (κ1) is 11.6. The average molecular weight is 288 g/mol. The van der Waals surface area contributed by atoms with Gasteiger partial charge < -0.3 is 9.63 Å². The van der Waals surface area contributed by atoms with Gasteiger partial charge in [-0.25, -0.2) is 4.79 Å². The Balaban J connectivity index is 2.27. The van der Waals surface area contributed by atoms with Crippen molar-refractivity contribution in [1.29, 1.82) is 0 Å². The van der Waals surface area contributed by atoms with Crippen molar-refractivity contribution < 1.29 is 14.4 Å². The van der Waals surface area contributed by atoms with Gasteiger partial charge in [-0.3, -0.25) is 0 Å². The quantitative estimate of drug-likeness (QED) is 0.845. The molecule has 5 heteroatoms. The Morgan fingerprint density at radius 2 is 1.94 bits per heavy atom. The minimum absolute atomic E-state index is 0.201. The number of halogens is 1. The Labute approximate surface area is 102 Å². The molecule has 0 saturated heterocycles. The molecule has 1 fully saturated rings. The summed E-state index contributed by atoms with van der Waals surface area (Å²) >= 11 is 3.12. The molecule has 1 aromatic heterocycles. The highest BCUT2D eigenvalue weighted by atomic mass is 79.9. The Kier molecular flexibility index (Phi) is 3.63. The molecule has 0 radical (unpaired) electrons. The van der Waals surface area contributed by atoms with Gasteiger partial charge in [0.2, 0.25) is 0 Å². The smallest absolute Gasteiger partial charge is 0.342 e. The maximum Gasteiger partial charge on any atom is 0.342 e. The van der Waals surface area contributed by atoms with Crippen molar-refractivity contribution in [3.63, 3.8) is 0 Å². The molecule has 4 nitrogen and oxygen atoms in total. The molecule has 0 amide bonds. The van der Waals surface area contributed by atoms with Crippen molar-refractivity contribution in [3.8, 4) is 0 Å². The van der Waals surface area contributed by atoms with E-state index in [1.165, 1.54) is 12.8 Å². The third-order valence-electron chi connectivity index (χ3n) is 3.12. The van der Waals surface area contributed by atoms with E-state index in [9.17, 15) is 4.79 Å². The van der Waals surface area contributed by atoms with Gasteiger partial charge in [-0.2, -0.15) is 0 Å². The van der Waals surface area contributed by atoms with E-state index in [-0.39, 0.29) is 11.5 Å². The maximum atomic E-state index is 11.1. The molecule has 88 valence electrons. The minimum Gasteiger partial charge on any atom is -0.477 e. The molecule has 2 rings (SSSR count). The Morgan fingerprint density at radius 1 is 1.31 bits per heavy atom. The fourth-order valence-electron chi connectivity index (χ4n) is 2.30. The number of carboxylic acids is 1. The van der Waals surface area contributed by atoms with Crippen LogP contribution in [0.4, 0.5) is 0 Å². The van der Waals surface area contributed by atoms with Crippen LogP contribution in [0.3, 0.4) is 0 Å². The number of carboxylic acid groups (broad SMARTS) is 1. The molecule has 0 spiro atoms. The number of aromatic nitrogens is 1. The molecule has 0 bridgehead atoms. The third-order valence-corrected chi connectivity index (χ3v) is 3.66. The van der Waals surface area contributed by atoms with Crippen molar-refractivity contribution in [2.45, 2.75) is 44.4 Å². The molecule has 1 aliphatic rings. The summed E-state index contributed by atoms with van der Waals surface area (Å²) in [4.78, 5) is 11.1. The summed E-state index contributed by atoms with van der Waals surface area (Å²) in [5.74, 6) is -0.207. The first-order chi connectivity index (χ1) is 7.70. The van der Waals surface area contributed by atoms with Gasteiger partial charge in [-0.15, -0.1) is 0 Å². The molecular weight excluding hydrogens is 274 g/mol. The average Bonchev–Trinajstić information content (AvgIpc) is 2.50. The Bertz CT molecular complexity index is 381. The number of carbonyl (C=O) groups is 1. The van der Waals surface area contributed by atoms with Gasteiger partial charge in [-0.05, 0) is 28.8 Å². The molecular formula is C11H14BrNO3. The Hall–Kier alpha value is -0.840. The van der Waals surface area contributed by atoms with Gasteiger partial charge in [-0.1, -0.05) is 30.8 Å². The fourth-order valence-corrected chi connectivity index (χ4v) is 2.73. The van der Waals surface area contributed by atoms with Crippen LogP contribution in [0.1, 0.15) is 60.6 Å². The van der Waals surface area contributed by atoms with Crippen molar-refractivity contribution >= 4 is 21.9 Å². The summed E-state index contributed by atoms with van der Waals surface area (Å²) in [5.41, 5.74) is 0.201. The van der Waals surface area contributed by atoms with Gasteiger partial charge in [0.1, 0.15) is 5.56 Å². The van der Waals surface area contributed by atoms with Crippen LogP contribution in [-0.2, 0) is 0 Å². The molecule has 1 N–H and O–H groups in total. The van der Waals surface area contributed by atoms with Crippen LogP contribution in [0.5, 0.6) is 0 Å². The van der Waals surface area contributed by atoms with Crippen LogP contribution < -0.4 is 0 Å². The first-order valence-corrected chi connectivity index (χ1v) is 6.38. The highest BCUT2D eigenvalue weighted by Gasteiger charge is 2.27.